The van der Waals surface area contributed by atoms with Gasteiger partial charge in [-0.1, -0.05) is 29.8 Å². The number of anilines is 2. The summed E-state index contributed by atoms with van der Waals surface area (Å²) in [6, 6.07) is 16.3. The monoisotopic (exact) mass is 466 g/mol. The van der Waals surface area contributed by atoms with Gasteiger partial charge in [0.25, 0.3) is 11.8 Å². The van der Waals surface area contributed by atoms with E-state index in [2.05, 4.69) is 5.32 Å². The van der Waals surface area contributed by atoms with Crippen molar-refractivity contribution in [3.05, 3.63) is 94.7 Å². The molecular weight excluding hydrogens is 445 g/mol. The molecule has 0 atom stereocenters. The summed E-state index contributed by atoms with van der Waals surface area (Å²) >= 11 is 0. The second-order valence-corrected chi connectivity index (χ2v) is 7.92. The van der Waals surface area contributed by atoms with Crippen molar-refractivity contribution in [3.8, 4) is 5.75 Å². The van der Waals surface area contributed by atoms with Gasteiger partial charge < -0.3 is 10.1 Å². The smallest absolute Gasteiger partial charge is 0.416 e. The number of nitrogens with one attached hydrogen (secondary N) is 1. The molecule has 5 nitrogen and oxygen atoms in total. The van der Waals surface area contributed by atoms with E-state index in [1.54, 1.807) is 30.3 Å². The molecule has 2 amide bonds. The standard InChI is InChI=1S/C26H21F3N2O3/c1-15-7-12-21(16(2)13-15)22-23(30-18-6-4-5-17(14-18)26(27,28)29)25(33)31(24(22)32)19-8-10-20(34-3)11-9-19/h4-14,30H,1-3H3. The third-order valence-electron chi connectivity index (χ3n) is 5.53. The molecule has 3 aromatic rings. The molecule has 0 saturated heterocycles. The van der Waals surface area contributed by atoms with E-state index in [4.69, 9.17) is 4.74 Å². The van der Waals surface area contributed by atoms with Crippen molar-refractivity contribution in [2.24, 2.45) is 0 Å². The number of nitrogens with zero attached hydrogens (tertiary/aromatic N) is 1. The number of carbonyl (C=O) groups excluding carboxylic acids is 2. The number of methoxy groups -OCH3 is 1. The van der Waals surface area contributed by atoms with Gasteiger partial charge in [0.15, 0.2) is 0 Å². The molecule has 0 radical (unpaired) electrons. The molecular formula is C26H21F3N2O3. The highest BCUT2D eigenvalue weighted by atomic mass is 19.4. The Balaban J connectivity index is 1.83. The Kier molecular flexibility index (Phi) is 5.91. The number of benzene rings is 3. The van der Waals surface area contributed by atoms with E-state index in [1.165, 1.54) is 19.2 Å². The highest BCUT2D eigenvalue weighted by Gasteiger charge is 2.41. The third kappa shape index (κ3) is 4.26. The van der Waals surface area contributed by atoms with E-state index in [0.29, 0.717) is 17.0 Å². The first kappa shape index (κ1) is 23.1. The van der Waals surface area contributed by atoms with E-state index in [0.717, 1.165) is 28.2 Å². The van der Waals surface area contributed by atoms with Crippen LogP contribution in [0.1, 0.15) is 22.3 Å². The minimum Gasteiger partial charge on any atom is -0.497 e. The predicted octanol–water partition coefficient (Wildman–Crippen LogP) is 5.73. The Morgan fingerprint density at radius 1 is 0.882 bits per heavy atom. The summed E-state index contributed by atoms with van der Waals surface area (Å²) < 4.78 is 44.8. The van der Waals surface area contributed by atoms with Crippen LogP contribution in [-0.4, -0.2) is 18.9 Å². The van der Waals surface area contributed by atoms with Crippen LogP contribution in [0, 0.1) is 13.8 Å². The average Bonchev–Trinajstić information content (AvgIpc) is 3.03. The summed E-state index contributed by atoms with van der Waals surface area (Å²) in [5.74, 6) is -0.688. The molecule has 0 unspecified atom stereocenters. The third-order valence-corrected chi connectivity index (χ3v) is 5.53. The van der Waals surface area contributed by atoms with Gasteiger partial charge in [-0.3, -0.25) is 9.59 Å². The minimum absolute atomic E-state index is 0.0461. The molecule has 4 rings (SSSR count). The molecule has 1 aliphatic rings. The Morgan fingerprint density at radius 2 is 1.59 bits per heavy atom. The van der Waals surface area contributed by atoms with Gasteiger partial charge in [-0.25, -0.2) is 4.90 Å². The van der Waals surface area contributed by atoms with Gasteiger partial charge >= 0.3 is 6.18 Å². The van der Waals surface area contributed by atoms with E-state index >= 15 is 0 Å². The summed E-state index contributed by atoms with van der Waals surface area (Å²) in [4.78, 5) is 28.0. The fourth-order valence-electron chi connectivity index (χ4n) is 3.87. The molecule has 34 heavy (non-hydrogen) atoms. The number of ether oxygens (including phenoxy) is 1. The maximum Gasteiger partial charge on any atom is 0.416 e. The Labute approximate surface area is 194 Å². The predicted molar refractivity (Wildman–Crippen MR) is 123 cm³/mol. The lowest BCUT2D eigenvalue weighted by Gasteiger charge is -2.16. The first-order valence-corrected chi connectivity index (χ1v) is 10.4. The van der Waals surface area contributed by atoms with Crippen molar-refractivity contribution in [2.75, 3.05) is 17.3 Å². The van der Waals surface area contributed by atoms with Gasteiger partial charge in [0.2, 0.25) is 0 Å². The molecule has 1 N–H and O–H groups in total. The van der Waals surface area contributed by atoms with Crippen molar-refractivity contribution < 1.29 is 27.5 Å². The minimum atomic E-state index is -4.55. The quantitative estimate of drug-likeness (QED) is 0.488. The molecule has 0 aromatic heterocycles. The van der Waals surface area contributed by atoms with Crippen LogP contribution in [0.5, 0.6) is 5.75 Å². The largest absolute Gasteiger partial charge is 0.497 e. The molecule has 0 aliphatic carbocycles. The van der Waals surface area contributed by atoms with Gasteiger partial charge in [-0.15, -0.1) is 0 Å². The van der Waals surface area contributed by atoms with Gasteiger partial charge in [0, 0.05) is 5.69 Å². The number of hydrogen-bond acceptors (Lipinski definition) is 4. The maximum absolute atomic E-state index is 13.5. The van der Waals surface area contributed by atoms with Gasteiger partial charge in [-0.05, 0) is 67.4 Å². The number of alkyl halides is 3. The number of aryl methyl sites for hydroxylation is 2. The number of imide groups is 1. The SMILES string of the molecule is COc1ccc(N2C(=O)C(Nc3cccc(C(F)(F)F)c3)=C(c3ccc(C)cc3C)C2=O)cc1. The summed E-state index contributed by atoms with van der Waals surface area (Å²) in [5.41, 5.74) is 1.75. The van der Waals surface area contributed by atoms with Gasteiger partial charge in [-0.2, -0.15) is 13.2 Å². The van der Waals surface area contributed by atoms with Crippen molar-refractivity contribution in [1.29, 1.82) is 0 Å². The van der Waals surface area contributed by atoms with E-state index in [9.17, 15) is 22.8 Å². The van der Waals surface area contributed by atoms with Crippen molar-refractivity contribution >= 4 is 28.8 Å². The van der Waals surface area contributed by atoms with Crippen LogP contribution in [0.15, 0.2) is 72.4 Å². The second-order valence-electron chi connectivity index (χ2n) is 7.92. The highest BCUT2D eigenvalue weighted by Crippen LogP contribution is 2.37. The van der Waals surface area contributed by atoms with Gasteiger partial charge in [0.05, 0.1) is 23.9 Å². The second kappa shape index (κ2) is 8.70. The molecule has 0 spiro atoms. The molecule has 0 bridgehead atoms. The number of halogens is 3. The van der Waals surface area contributed by atoms with E-state index in [-0.39, 0.29) is 17.0 Å². The number of rotatable bonds is 5. The molecule has 8 heteroatoms. The van der Waals surface area contributed by atoms with Gasteiger partial charge in [0.1, 0.15) is 11.4 Å². The number of amides is 2. The lowest BCUT2D eigenvalue weighted by atomic mass is 9.97. The normalized spacial score (nSPS) is 14.1. The van der Waals surface area contributed by atoms with Crippen LogP contribution >= 0.6 is 0 Å². The Morgan fingerprint density at radius 3 is 2.21 bits per heavy atom. The number of hydrogen-bond donors (Lipinski definition) is 1. The van der Waals surface area contributed by atoms with Crippen molar-refractivity contribution in [1.82, 2.24) is 0 Å². The average molecular weight is 466 g/mol. The lowest BCUT2D eigenvalue weighted by molar-refractivity contribution is -0.137. The molecule has 1 aliphatic heterocycles. The van der Waals surface area contributed by atoms with Crippen molar-refractivity contribution in [2.45, 2.75) is 20.0 Å². The first-order valence-electron chi connectivity index (χ1n) is 10.4. The Hall–Kier alpha value is -4.07. The van der Waals surface area contributed by atoms with E-state index < -0.39 is 23.6 Å². The highest BCUT2D eigenvalue weighted by molar-refractivity contribution is 6.46. The first-order chi connectivity index (χ1) is 16.1. The topological polar surface area (TPSA) is 58.6 Å². The summed E-state index contributed by atoms with van der Waals surface area (Å²) in [6.07, 6.45) is -4.55. The summed E-state index contributed by atoms with van der Waals surface area (Å²) in [7, 11) is 1.50. The molecule has 0 saturated carbocycles. The molecule has 3 aromatic carbocycles. The summed E-state index contributed by atoms with van der Waals surface area (Å²) in [6.45, 7) is 3.71. The maximum atomic E-state index is 13.5. The number of carbonyl (C=O) groups is 2. The fourth-order valence-corrected chi connectivity index (χ4v) is 3.87. The zero-order valence-corrected chi connectivity index (χ0v) is 18.7. The lowest BCUT2D eigenvalue weighted by Crippen LogP contribution is -2.32. The van der Waals surface area contributed by atoms with Crippen LogP contribution in [0.4, 0.5) is 24.5 Å². The molecule has 1 heterocycles. The van der Waals surface area contributed by atoms with E-state index in [1.807, 2.05) is 26.0 Å². The van der Waals surface area contributed by atoms with Crippen LogP contribution in [0.2, 0.25) is 0 Å². The van der Waals surface area contributed by atoms with Crippen LogP contribution in [0.3, 0.4) is 0 Å². The van der Waals surface area contributed by atoms with Crippen molar-refractivity contribution in [3.63, 3.8) is 0 Å². The zero-order valence-electron chi connectivity index (χ0n) is 18.7. The molecule has 0 fully saturated rings. The van der Waals surface area contributed by atoms with Crippen LogP contribution < -0.4 is 15.0 Å². The van der Waals surface area contributed by atoms with Crippen LogP contribution in [-0.2, 0) is 15.8 Å². The van der Waals surface area contributed by atoms with Crippen LogP contribution in [0.25, 0.3) is 5.57 Å². The molecule has 174 valence electrons. The summed E-state index contributed by atoms with van der Waals surface area (Å²) in [5, 5.41) is 2.79. The zero-order chi connectivity index (χ0) is 24.6. The Bertz CT molecular complexity index is 1310. The fraction of sp³-hybridized carbons (Fsp3) is 0.154.